The van der Waals surface area contributed by atoms with Gasteiger partial charge in [-0.25, -0.2) is 4.79 Å². The van der Waals surface area contributed by atoms with Gasteiger partial charge in [0.15, 0.2) is 0 Å². The molecule has 1 aliphatic heterocycles. The van der Waals surface area contributed by atoms with Gasteiger partial charge >= 0.3 is 6.03 Å². The zero-order valence-corrected chi connectivity index (χ0v) is 18.1. The number of urea groups is 1. The SMILES string of the molecule is C=C/C(=C\C(Cl)=C/C)NC(=O)N1CCc2cc(Oc3ccnc(C(=O)NC)c3)ccc21. The fraction of sp³-hybridized carbons (Fsp3) is 0.174. The number of ether oxygens (including phenoxy) is 1. The summed E-state index contributed by atoms with van der Waals surface area (Å²) in [7, 11) is 1.54. The van der Waals surface area contributed by atoms with Crippen molar-refractivity contribution in [3.05, 3.63) is 83.3 Å². The number of pyridine rings is 1. The Morgan fingerprint density at radius 3 is 2.74 bits per heavy atom. The van der Waals surface area contributed by atoms with Gasteiger partial charge in [-0.05, 0) is 55.3 Å². The number of fused-ring (bicyclic) bond motifs is 1. The van der Waals surface area contributed by atoms with Gasteiger partial charge in [0.25, 0.3) is 5.91 Å². The highest BCUT2D eigenvalue weighted by atomic mass is 35.5. The number of aromatic nitrogens is 1. The average molecular weight is 439 g/mol. The quantitative estimate of drug-likeness (QED) is 0.649. The lowest BCUT2D eigenvalue weighted by molar-refractivity contribution is 0.0958. The minimum Gasteiger partial charge on any atom is -0.457 e. The summed E-state index contributed by atoms with van der Waals surface area (Å²) < 4.78 is 5.89. The second kappa shape index (κ2) is 9.95. The molecule has 2 aromatic rings. The van der Waals surface area contributed by atoms with Crippen molar-refractivity contribution in [2.45, 2.75) is 13.3 Å². The van der Waals surface area contributed by atoms with Gasteiger partial charge in [0.1, 0.15) is 17.2 Å². The van der Waals surface area contributed by atoms with Crippen LogP contribution in [0.25, 0.3) is 0 Å². The molecule has 0 bridgehead atoms. The molecule has 3 rings (SSSR count). The van der Waals surface area contributed by atoms with Gasteiger partial charge in [0.05, 0.1) is 0 Å². The zero-order chi connectivity index (χ0) is 22.4. The van der Waals surface area contributed by atoms with Crippen LogP contribution in [0, 0.1) is 0 Å². The van der Waals surface area contributed by atoms with Crippen molar-refractivity contribution in [1.29, 1.82) is 0 Å². The van der Waals surface area contributed by atoms with Gasteiger partial charge < -0.3 is 15.4 Å². The second-order valence-corrected chi connectivity index (χ2v) is 7.09. The van der Waals surface area contributed by atoms with E-state index < -0.39 is 0 Å². The van der Waals surface area contributed by atoms with E-state index in [0.29, 0.717) is 35.2 Å². The van der Waals surface area contributed by atoms with Crippen molar-refractivity contribution >= 4 is 29.2 Å². The van der Waals surface area contributed by atoms with Crippen LogP contribution in [-0.4, -0.2) is 30.5 Å². The number of hydrogen-bond acceptors (Lipinski definition) is 4. The summed E-state index contributed by atoms with van der Waals surface area (Å²) in [6.07, 6.45) is 7.12. The topological polar surface area (TPSA) is 83.6 Å². The van der Waals surface area contributed by atoms with Crippen molar-refractivity contribution in [3.63, 3.8) is 0 Å². The molecule has 0 saturated carbocycles. The number of amides is 3. The highest BCUT2D eigenvalue weighted by Gasteiger charge is 2.25. The van der Waals surface area contributed by atoms with E-state index in [4.69, 9.17) is 16.3 Å². The van der Waals surface area contributed by atoms with Crippen LogP contribution in [0.15, 0.2) is 72.1 Å². The third kappa shape index (κ3) is 5.32. The van der Waals surface area contributed by atoms with E-state index in [0.717, 1.165) is 11.3 Å². The smallest absolute Gasteiger partial charge is 0.326 e. The lowest BCUT2D eigenvalue weighted by Crippen LogP contribution is -2.38. The maximum Gasteiger partial charge on any atom is 0.326 e. The van der Waals surface area contributed by atoms with E-state index in [-0.39, 0.29) is 17.6 Å². The molecule has 0 radical (unpaired) electrons. The van der Waals surface area contributed by atoms with Gasteiger partial charge in [-0.15, -0.1) is 0 Å². The first-order valence-electron chi connectivity index (χ1n) is 9.68. The summed E-state index contributed by atoms with van der Waals surface area (Å²) in [5.74, 6) is 0.828. The van der Waals surface area contributed by atoms with Crippen LogP contribution in [0.1, 0.15) is 23.0 Å². The molecule has 1 aromatic carbocycles. The number of allylic oxidation sites excluding steroid dienone is 4. The van der Waals surface area contributed by atoms with Crippen LogP contribution in [0.4, 0.5) is 10.5 Å². The summed E-state index contributed by atoms with van der Waals surface area (Å²) in [5, 5.41) is 5.86. The van der Waals surface area contributed by atoms with Crippen molar-refractivity contribution in [2.24, 2.45) is 0 Å². The third-order valence-corrected chi connectivity index (χ3v) is 4.99. The fourth-order valence-corrected chi connectivity index (χ4v) is 3.20. The summed E-state index contributed by atoms with van der Waals surface area (Å²) in [4.78, 5) is 30.2. The Bertz CT molecular complexity index is 1080. The number of benzene rings is 1. The van der Waals surface area contributed by atoms with Crippen molar-refractivity contribution in [2.75, 3.05) is 18.5 Å². The molecular formula is C23H23ClN4O3. The number of carbonyl (C=O) groups excluding carboxylic acids is 2. The number of rotatable bonds is 6. The van der Waals surface area contributed by atoms with Gasteiger partial charge in [0.2, 0.25) is 0 Å². The van der Waals surface area contributed by atoms with E-state index in [9.17, 15) is 9.59 Å². The van der Waals surface area contributed by atoms with Crippen LogP contribution in [0.2, 0.25) is 0 Å². The number of carbonyl (C=O) groups is 2. The van der Waals surface area contributed by atoms with Gasteiger partial charge in [-0.3, -0.25) is 14.7 Å². The Morgan fingerprint density at radius 1 is 1.26 bits per heavy atom. The molecule has 2 heterocycles. The van der Waals surface area contributed by atoms with Gasteiger partial charge in [-0.2, -0.15) is 0 Å². The molecule has 1 aromatic heterocycles. The van der Waals surface area contributed by atoms with Crippen LogP contribution in [-0.2, 0) is 6.42 Å². The van der Waals surface area contributed by atoms with E-state index >= 15 is 0 Å². The van der Waals surface area contributed by atoms with E-state index in [2.05, 4.69) is 22.2 Å². The number of halogens is 1. The number of anilines is 1. The van der Waals surface area contributed by atoms with Gasteiger partial charge in [0, 0.05) is 42.3 Å². The molecule has 8 heteroatoms. The summed E-state index contributed by atoms with van der Waals surface area (Å²) in [6.45, 7) is 6.07. The Morgan fingerprint density at radius 2 is 2.03 bits per heavy atom. The molecule has 160 valence electrons. The van der Waals surface area contributed by atoms with Crippen molar-refractivity contribution in [1.82, 2.24) is 15.6 Å². The van der Waals surface area contributed by atoms with Gasteiger partial charge in [-0.1, -0.05) is 24.3 Å². The zero-order valence-electron chi connectivity index (χ0n) is 17.3. The monoisotopic (exact) mass is 438 g/mol. The molecule has 1 aliphatic rings. The fourth-order valence-electron chi connectivity index (χ4n) is 3.08. The Kier molecular flexibility index (Phi) is 7.10. The summed E-state index contributed by atoms with van der Waals surface area (Å²) in [5.41, 5.74) is 2.59. The van der Waals surface area contributed by atoms with Crippen LogP contribution >= 0.6 is 11.6 Å². The Hall–Kier alpha value is -3.58. The molecule has 0 unspecified atom stereocenters. The standard InChI is InChI=1S/C23H23ClN4O3/c1-4-16(24)13-17(5-2)27-23(30)28-11-9-15-12-18(6-7-21(15)28)31-19-8-10-26-20(14-19)22(29)25-3/h4-8,10,12-14H,2,9,11H2,1,3H3,(H,25,29)(H,27,30)/b16-4+,17-13+. The minimum atomic E-state index is -0.287. The predicted molar refractivity (Wildman–Crippen MR) is 122 cm³/mol. The minimum absolute atomic E-state index is 0.261. The molecule has 0 atom stereocenters. The predicted octanol–water partition coefficient (Wildman–Crippen LogP) is 4.52. The first-order valence-corrected chi connectivity index (χ1v) is 10.1. The van der Waals surface area contributed by atoms with E-state index in [1.807, 2.05) is 19.1 Å². The number of nitrogens with zero attached hydrogens (tertiary/aromatic N) is 2. The lowest BCUT2D eigenvalue weighted by atomic mass is 10.1. The average Bonchev–Trinajstić information content (AvgIpc) is 3.21. The number of hydrogen-bond donors (Lipinski definition) is 2. The Labute approximate surface area is 186 Å². The molecule has 31 heavy (non-hydrogen) atoms. The largest absolute Gasteiger partial charge is 0.457 e. The molecule has 2 N–H and O–H groups in total. The van der Waals surface area contributed by atoms with Crippen molar-refractivity contribution < 1.29 is 14.3 Å². The molecule has 0 spiro atoms. The molecule has 0 saturated heterocycles. The first-order chi connectivity index (χ1) is 14.9. The maximum absolute atomic E-state index is 12.7. The van der Waals surface area contributed by atoms with Crippen LogP contribution in [0.3, 0.4) is 0 Å². The Balaban J connectivity index is 1.74. The van der Waals surface area contributed by atoms with E-state index in [1.54, 1.807) is 48.4 Å². The number of nitrogens with one attached hydrogen (secondary N) is 2. The second-order valence-electron chi connectivity index (χ2n) is 6.66. The molecule has 0 fully saturated rings. The first kappa shape index (κ1) is 22.1. The maximum atomic E-state index is 12.7. The summed E-state index contributed by atoms with van der Waals surface area (Å²) >= 11 is 6.01. The summed E-state index contributed by atoms with van der Waals surface area (Å²) in [6, 6.07) is 8.51. The van der Waals surface area contributed by atoms with Crippen LogP contribution < -0.4 is 20.3 Å². The van der Waals surface area contributed by atoms with Crippen LogP contribution in [0.5, 0.6) is 11.5 Å². The molecule has 0 aliphatic carbocycles. The lowest BCUT2D eigenvalue weighted by Gasteiger charge is -2.19. The van der Waals surface area contributed by atoms with Crippen molar-refractivity contribution in [3.8, 4) is 11.5 Å². The molecule has 3 amide bonds. The normalized spacial score (nSPS) is 13.5. The highest BCUT2D eigenvalue weighted by molar-refractivity contribution is 6.31. The third-order valence-electron chi connectivity index (χ3n) is 4.66. The molecule has 7 nitrogen and oxygen atoms in total. The highest BCUT2D eigenvalue weighted by Crippen LogP contribution is 2.33. The van der Waals surface area contributed by atoms with E-state index in [1.165, 1.54) is 6.20 Å². The molecular weight excluding hydrogens is 416 g/mol.